The highest BCUT2D eigenvalue weighted by Gasteiger charge is 2.35. The van der Waals surface area contributed by atoms with E-state index in [2.05, 4.69) is 0 Å². The lowest BCUT2D eigenvalue weighted by Gasteiger charge is -2.10. The third-order valence-electron chi connectivity index (χ3n) is 1.76. The summed E-state index contributed by atoms with van der Waals surface area (Å²) in [6.07, 6.45) is -4.83. The fourth-order valence-electron chi connectivity index (χ4n) is 1.06. The number of halogens is 5. The Bertz CT molecular complexity index is 604. The Labute approximate surface area is 104 Å². The van der Waals surface area contributed by atoms with E-state index in [9.17, 15) is 21.6 Å². The zero-order chi connectivity index (χ0) is 13.4. The lowest BCUT2D eigenvalue weighted by Crippen LogP contribution is -2.08. The Morgan fingerprint density at radius 2 is 1.82 bits per heavy atom. The summed E-state index contributed by atoms with van der Waals surface area (Å²) >= 11 is 5.31. The number of hydrogen-bond donors (Lipinski definition) is 0. The van der Waals surface area contributed by atoms with Gasteiger partial charge in [-0.2, -0.15) is 18.4 Å². The maximum atomic E-state index is 12.4. The van der Waals surface area contributed by atoms with Crippen LogP contribution in [0.3, 0.4) is 0 Å². The SMILES string of the molecule is N#Cc1cc(Cl)c(C(F)(F)F)cc1S(=O)(=O)Cl. The van der Waals surface area contributed by atoms with Crippen LogP contribution in [0.1, 0.15) is 11.1 Å². The van der Waals surface area contributed by atoms with Gasteiger partial charge in [0.05, 0.1) is 16.1 Å². The summed E-state index contributed by atoms with van der Waals surface area (Å²) < 4.78 is 59.4. The topological polar surface area (TPSA) is 57.9 Å². The lowest BCUT2D eigenvalue weighted by molar-refractivity contribution is -0.137. The molecule has 0 spiro atoms. The average molecular weight is 304 g/mol. The molecule has 0 aliphatic rings. The molecule has 1 rings (SSSR count). The van der Waals surface area contributed by atoms with Crippen LogP contribution < -0.4 is 0 Å². The highest BCUT2D eigenvalue weighted by Crippen LogP contribution is 2.37. The first-order valence-corrected chi connectivity index (χ1v) is 6.51. The smallest absolute Gasteiger partial charge is 0.207 e. The van der Waals surface area contributed by atoms with Crippen molar-refractivity contribution in [3.63, 3.8) is 0 Å². The highest BCUT2D eigenvalue weighted by molar-refractivity contribution is 8.13. The summed E-state index contributed by atoms with van der Waals surface area (Å²) in [5.41, 5.74) is -1.91. The molecule has 0 fully saturated rings. The Balaban J connectivity index is 3.69. The van der Waals surface area contributed by atoms with Crippen molar-refractivity contribution >= 4 is 31.3 Å². The van der Waals surface area contributed by atoms with Crippen LogP contribution in [-0.4, -0.2) is 8.42 Å². The van der Waals surface area contributed by atoms with E-state index in [0.29, 0.717) is 6.07 Å². The summed E-state index contributed by atoms with van der Waals surface area (Å²) in [6, 6.07) is 2.26. The second kappa shape index (κ2) is 4.37. The van der Waals surface area contributed by atoms with Crippen molar-refractivity contribution in [2.24, 2.45) is 0 Å². The zero-order valence-corrected chi connectivity index (χ0v) is 10.0. The molecule has 0 heterocycles. The van der Waals surface area contributed by atoms with Crippen LogP contribution >= 0.6 is 22.3 Å². The molecule has 3 nitrogen and oxygen atoms in total. The molecule has 0 aromatic heterocycles. The predicted molar refractivity (Wildman–Crippen MR) is 54.2 cm³/mol. The van der Waals surface area contributed by atoms with Gasteiger partial charge in [0.25, 0.3) is 9.05 Å². The fraction of sp³-hybridized carbons (Fsp3) is 0.125. The molecule has 0 amide bonds. The molecule has 0 unspecified atom stereocenters. The minimum absolute atomic E-state index is 0.239. The third kappa shape index (κ3) is 3.03. The molecule has 0 bridgehead atoms. The predicted octanol–water partition coefficient (Wildman–Crippen LogP) is 3.16. The van der Waals surface area contributed by atoms with E-state index in [1.165, 1.54) is 6.07 Å². The minimum atomic E-state index is -4.83. The summed E-state index contributed by atoms with van der Waals surface area (Å²) in [5.74, 6) is 0. The molecule has 9 heteroatoms. The quantitative estimate of drug-likeness (QED) is 0.749. The zero-order valence-electron chi connectivity index (χ0n) is 7.72. The largest absolute Gasteiger partial charge is 0.417 e. The second-order valence-corrected chi connectivity index (χ2v) is 5.82. The van der Waals surface area contributed by atoms with Crippen LogP contribution in [0, 0.1) is 11.3 Å². The molecule has 0 N–H and O–H groups in total. The van der Waals surface area contributed by atoms with Gasteiger partial charge in [0.1, 0.15) is 11.0 Å². The Kier molecular flexibility index (Phi) is 3.62. The number of benzene rings is 1. The van der Waals surface area contributed by atoms with Gasteiger partial charge in [-0.1, -0.05) is 11.6 Å². The number of alkyl halides is 3. The van der Waals surface area contributed by atoms with Gasteiger partial charge in [-0.3, -0.25) is 0 Å². The maximum Gasteiger partial charge on any atom is 0.417 e. The van der Waals surface area contributed by atoms with E-state index in [4.69, 9.17) is 27.5 Å². The minimum Gasteiger partial charge on any atom is -0.207 e. The molecule has 0 aliphatic carbocycles. The van der Waals surface area contributed by atoms with Crippen LogP contribution in [0.15, 0.2) is 17.0 Å². The maximum absolute atomic E-state index is 12.4. The van der Waals surface area contributed by atoms with Crippen molar-refractivity contribution in [3.8, 4) is 6.07 Å². The standard InChI is InChI=1S/C8H2Cl2F3NO2S/c9-6-1-4(3-14)7(17(10,15)16)2-5(6)8(11,12)13/h1-2H. The molecule has 92 valence electrons. The van der Waals surface area contributed by atoms with E-state index in [0.717, 1.165) is 0 Å². The molecule has 0 radical (unpaired) electrons. The van der Waals surface area contributed by atoms with Crippen molar-refractivity contribution in [2.45, 2.75) is 11.1 Å². The first-order chi connectivity index (χ1) is 7.57. The van der Waals surface area contributed by atoms with Crippen LogP contribution in [-0.2, 0) is 15.2 Å². The molecular formula is C8H2Cl2F3NO2S. The van der Waals surface area contributed by atoms with Crippen LogP contribution in [0.4, 0.5) is 13.2 Å². The number of nitrogens with zero attached hydrogens (tertiary/aromatic N) is 1. The normalized spacial score (nSPS) is 12.2. The van der Waals surface area contributed by atoms with Gasteiger partial charge in [-0.25, -0.2) is 8.42 Å². The van der Waals surface area contributed by atoms with Crippen molar-refractivity contribution < 1.29 is 21.6 Å². The van der Waals surface area contributed by atoms with Gasteiger partial charge in [0, 0.05) is 10.7 Å². The van der Waals surface area contributed by atoms with Crippen molar-refractivity contribution in [3.05, 3.63) is 28.3 Å². The Morgan fingerprint density at radius 1 is 1.29 bits per heavy atom. The van der Waals surface area contributed by atoms with E-state index in [1.54, 1.807) is 0 Å². The number of nitriles is 1. The van der Waals surface area contributed by atoms with E-state index >= 15 is 0 Å². The summed E-state index contributed by atoms with van der Waals surface area (Å²) in [6.45, 7) is 0. The average Bonchev–Trinajstić information content (AvgIpc) is 2.13. The van der Waals surface area contributed by atoms with Gasteiger partial charge in [0.2, 0.25) is 0 Å². The van der Waals surface area contributed by atoms with Gasteiger partial charge >= 0.3 is 6.18 Å². The molecule has 0 atom stereocenters. The molecule has 17 heavy (non-hydrogen) atoms. The lowest BCUT2D eigenvalue weighted by atomic mass is 10.1. The van der Waals surface area contributed by atoms with E-state index in [-0.39, 0.29) is 6.07 Å². The molecule has 0 saturated carbocycles. The van der Waals surface area contributed by atoms with E-state index < -0.39 is 36.3 Å². The van der Waals surface area contributed by atoms with Crippen LogP contribution in [0.2, 0.25) is 5.02 Å². The Hall–Kier alpha value is -0.970. The first-order valence-electron chi connectivity index (χ1n) is 3.83. The van der Waals surface area contributed by atoms with Crippen LogP contribution in [0.5, 0.6) is 0 Å². The third-order valence-corrected chi connectivity index (χ3v) is 3.43. The molecule has 0 saturated heterocycles. The first kappa shape index (κ1) is 14.1. The fourth-order valence-corrected chi connectivity index (χ4v) is 2.34. The number of hydrogen-bond acceptors (Lipinski definition) is 3. The van der Waals surface area contributed by atoms with E-state index in [1.807, 2.05) is 0 Å². The number of rotatable bonds is 1. The molecular weight excluding hydrogens is 302 g/mol. The van der Waals surface area contributed by atoms with Gasteiger partial charge < -0.3 is 0 Å². The van der Waals surface area contributed by atoms with Crippen molar-refractivity contribution in [1.29, 1.82) is 5.26 Å². The summed E-state index contributed by atoms with van der Waals surface area (Å²) in [5, 5.41) is 7.82. The van der Waals surface area contributed by atoms with Gasteiger partial charge in [-0.15, -0.1) is 0 Å². The molecule has 0 aliphatic heterocycles. The van der Waals surface area contributed by atoms with Crippen molar-refractivity contribution in [2.75, 3.05) is 0 Å². The van der Waals surface area contributed by atoms with Crippen molar-refractivity contribution in [1.82, 2.24) is 0 Å². The monoisotopic (exact) mass is 303 g/mol. The highest BCUT2D eigenvalue weighted by atomic mass is 35.7. The molecule has 1 aromatic rings. The second-order valence-electron chi connectivity index (χ2n) is 2.88. The van der Waals surface area contributed by atoms with Gasteiger partial charge in [0.15, 0.2) is 0 Å². The Morgan fingerprint density at radius 3 is 2.18 bits per heavy atom. The van der Waals surface area contributed by atoms with Crippen LogP contribution in [0.25, 0.3) is 0 Å². The summed E-state index contributed by atoms with van der Waals surface area (Å²) in [4.78, 5) is -0.918. The van der Waals surface area contributed by atoms with Gasteiger partial charge in [-0.05, 0) is 12.1 Å². The molecule has 1 aromatic carbocycles. The summed E-state index contributed by atoms with van der Waals surface area (Å²) in [7, 11) is 0.474.